The molecule has 53 heavy (non-hydrogen) atoms. The number of aryl methyl sites for hydroxylation is 3. The number of aromatic nitrogens is 3. The standard InChI is InChI=1S/C37H51F3N8O3S2/c1-8-33-42-34(30-18-28(19-37(38,39)40)52-35(30)43-33)41-27-11-13-45(14-12-27)21-26-9-10-31-29(25(26)4)17-23(2)47(31)20-24(3)46-15-16-48(53(7,50)51)32(22-46)36(49)44(5)6/h9-10,17-18,24,27,32H,8,11-16,19-22H2,1-7H3,(H,41,42,43)/t24-,32-/m0/s1. The summed E-state index contributed by atoms with van der Waals surface area (Å²) >= 11 is 1.09. The Bertz CT molecular complexity index is 2070. The smallest absolute Gasteiger partial charge is 0.367 e. The van der Waals surface area contributed by atoms with E-state index < -0.39 is 28.7 Å². The second-order valence-electron chi connectivity index (χ2n) is 14.9. The predicted molar refractivity (Wildman–Crippen MR) is 205 cm³/mol. The molecule has 1 N–H and O–H groups in total. The summed E-state index contributed by atoms with van der Waals surface area (Å²) in [7, 11) is -0.207. The molecular formula is C37H51F3N8O3S2. The summed E-state index contributed by atoms with van der Waals surface area (Å²) in [6, 6.07) is 7.74. The third-order valence-electron chi connectivity index (χ3n) is 10.8. The number of carbonyl (C=O) groups excluding carboxylic acids is 1. The van der Waals surface area contributed by atoms with Crippen LogP contribution in [0.4, 0.5) is 19.0 Å². The summed E-state index contributed by atoms with van der Waals surface area (Å²) in [6.45, 7) is 12.9. The van der Waals surface area contributed by atoms with Crippen LogP contribution in [0.5, 0.6) is 0 Å². The van der Waals surface area contributed by atoms with Gasteiger partial charge in [0.05, 0.1) is 18.1 Å². The third kappa shape index (κ3) is 8.82. The van der Waals surface area contributed by atoms with Crippen LogP contribution >= 0.6 is 11.3 Å². The fourth-order valence-corrected chi connectivity index (χ4v) is 9.88. The maximum Gasteiger partial charge on any atom is 0.393 e. The summed E-state index contributed by atoms with van der Waals surface area (Å²) in [5.74, 6) is 1.04. The molecule has 2 atom stereocenters. The fraction of sp³-hybridized carbons (Fsp3) is 0.595. The Kier molecular flexibility index (Phi) is 11.5. The van der Waals surface area contributed by atoms with Gasteiger partial charge in [-0.05, 0) is 62.9 Å². The van der Waals surface area contributed by atoms with Crippen molar-refractivity contribution in [3.63, 3.8) is 0 Å². The monoisotopic (exact) mass is 776 g/mol. The molecule has 0 bridgehead atoms. The van der Waals surface area contributed by atoms with E-state index >= 15 is 0 Å². The van der Waals surface area contributed by atoms with Crippen LogP contribution in [0.25, 0.3) is 21.1 Å². The van der Waals surface area contributed by atoms with E-state index in [-0.39, 0.29) is 29.4 Å². The molecule has 5 heterocycles. The van der Waals surface area contributed by atoms with E-state index in [0.717, 1.165) is 55.0 Å². The lowest BCUT2D eigenvalue weighted by Gasteiger charge is -2.42. The number of thiophene rings is 1. The molecule has 1 aromatic carbocycles. The van der Waals surface area contributed by atoms with Gasteiger partial charge in [0.25, 0.3) is 0 Å². The third-order valence-corrected chi connectivity index (χ3v) is 13.1. The minimum absolute atomic E-state index is 0.0760. The SMILES string of the molecule is CCc1nc(NC2CCN(Cc3ccc4c(cc(C)n4C[C@H](C)N4CCN(S(C)(=O)=O)[C@H](C(=O)N(C)C)C4)c3C)CC2)c2cc(CC(F)(F)F)sc2n1. The number of likely N-dealkylation sites (tertiary alicyclic amines) is 1. The number of piperazine rings is 1. The first-order valence-electron chi connectivity index (χ1n) is 18.3. The quantitative estimate of drug-likeness (QED) is 0.215. The number of amides is 1. The normalized spacial score (nSPS) is 19.3. The molecule has 2 aliphatic heterocycles. The van der Waals surface area contributed by atoms with Gasteiger partial charge in [-0.3, -0.25) is 14.6 Å². The fourth-order valence-electron chi connectivity index (χ4n) is 7.77. The average molecular weight is 777 g/mol. The van der Waals surface area contributed by atoms with Gasteiger partial charge in [0, 0.05) is 99.9 Å². The zero-order chi connectivity index (χ0) is 38.4. The van der Waals surface area contributed by atoms with E-state index in [1.807, 2.05) is 6.92 Å². The maximum absolute atomic E-state index is 13.1. The van der Waals surface area contributed by atoms with Gasteiger partial charge >= 0.3 is 6.18 Å². The van der Waals surface area contributed by atoms with E-state index in [2.05, 4.69) is 68.6 Å². The van der Waals surface area contributed by atoms with Crippen molar-refractivity contribution in [3.05, 3.63) is 51.8 Å². The summed E-state index contributed by atoms with van der Waals surface area (Å²) in [5.41, 5.74) is 4.83. The first-order chi connectivity index (χ1) is 24.9. The van der Waals surface area contributed by atoms with Crippen molar-refractivity contribution in [2.45, 2.75) is 90.8 Å². The van der Waals surface area contributed by atoms with Crippen LogP contribution in [0.3, 0.4) is 0 Å². The number of piperidine rings is 1. The van der Waals surface area contributed by atoms with E-state index in [1.54, 1.807) is 20.2 Å². The van der Waals surface area contributed by atoms with Gasteiger partial charge in [0.1, 0.15) is 22.5 Å². The number of hydrogen-bond donors (Lipinski definition) is 1. The number of alkyl halides is 3. The molecule has 2 aliphatic rings. The predicted octanol–water partition coefficient (Wildman–Crippen LogP) is 5.43. The van der Waals surface area contributed by atoms with Gasteiger partial charge in [0.2, 0.25) is 15.9 Å². The first kappa shape index (κ1) is 39.4. The van der Waals surface area contributed by atoms with Crippen LogP contribution in [0, 0.1) is 13.8 Å². The molecule has 0 aliphatic carbocycles. The van der Waals surface area contributed by atoms with Gasteiger partial charge in [-0.15, -0.1) is 11.3 Å². The molecule has 11 nitrogen and oxygen atoms in total. The topological polar surface area (TPSA) is 107 Å². The summed E-state index contributed by atoms with van der Waals surface area (Å²) in [4.78, 5) is 29.2. The molecule has 290 valence electrons. The highest BCUT2D eigenvalue weighted by Crippen LogP contribution is 2.34. The Morgan fingerprint density at radius 1 is 1.08 bits per heavy atom. The zero-order valence-corrected chi connectivity index (χ0v) is 33.3. The van der Waals surface area contributed by atoms with Gasteiger partial charge in [-0.1, -0.05) is 13.0 Å². The highest BCUT2D eigenvalue weighted by atomic mass is 32.2. The molecule has 0 radical (unpaired) electrons. The van der Waals surface area contributed by atoms with Crippen molar-refractivity contribution in [2.24, 2.45) is 0 Å². The molecule has 3 aromatic heterocycles. The van der Waals surface area contributed by atoms with Crippen LogP contribution in [-0.4, -0.2) is 125 Å². The van der Waals surface area contributed by atoms with Gasteiger partial charge in [0.15, 0.2) is 0 Å². The second kappa shape index (κ2) is 15.4. The zero-order valence-electron chi connectivity index (χ0n) is 31.6. The lowest BCUT2D eigenvalue weighted by molar-refractivity contribution is -0.135. The molecule has 0 saturated carbocycles. The van der Waals surface area contributed by atoms with Crippen molar-refractivity contribution in [1.29, 1.82) is 0 Å². The number of fused-ring (bicyclic) bond motifs is 2. The first-order valence-corrected chi connectivity index (χ1v) is 20.9. The largest absolute Gasteiger partial charge is 0.393 e. The van der Waals surface area contributed by atoms with E-state index in [1.165, 1.54) is 32.0 Å². The van der Waals surface area contributed by atoms with Crippen LogP contribution in [0.2, 0.25) is 0 Å². The van der Waals surface area contributed by atoms with Gasteiger partial charge in [-0.25, -0.2) is 18.4 Å². The molecular weight excluding hydrogens is 726 g/mol. The van der Waals surface area contributed by atoms with Gasteiger partial charge < -0.3 is 14.8 Å². The van der Waals surface area contributed by atoms with E-state index in [0.29, 0.717) is 47.9 Å². The van der Waals surface area contributed by atoms with E-state index in [4.69, 9.17) is 0 Å². The number of carbonyl (C=O) groups is 1. The Labute approximate surface area is 314 Å². The van der Waals surface area contributed by atoms with Crippen LogP contribution in [0.1, 0.15) is 54.2 Å². The minimum Gasteiger partial charge on any atom is -0.367 e. The number of rotatable bonds is 11. The molecule has 4 aromatic rings. The molecule has 2 saturated heterocycles. The number of nitrogens with zero attached hydrogens (tertiary/aromatic N) is 7. The van der Waals surface area contributed by atoms with E-state index in [9.17, 15) is 26.4 Å². The van der Waals surface area contributed by atoms with Gasteiger partial charge in [-0.2, -0.15) is 17.5 Å². The Morgan fingerprint density at radius 2 is 1.79 bits per heavy atom. The summed E-state index contributed by atoms with van der Waals surface area (Å²) in [6.07, 6.45) is -1.68. The average Bonchev–Trinajstić information content (AvgIpc) is 3.64. The molecule has 2 fully saturated rings. The highest BCUT2D eigenvalue weighted by Gasteiger charge is 2.39. The summed E-state index contributed by atoms with van der Waals surface area (Å²) in [5, 5.41) is 5.43. The summed E-state index contributed by atoms with van der Waals surface area (Å²) < 4.78 is 68.0. The Morgan fingerprint density at radius 3 is 2.43 bits per heavy atom. The number of nitrogens with one attached hydrogen (secondary N) is 1. The molecule has 0 unspecified atom stereocenters. The van der Waals surface area contributed by atoms with Crippen LogP contribution < -0.4 is 5.32 Å². The number of sulfonamides is 1. The molecule has 6 rings (SSSR count). The Hall–Kier alpha value is -3.31. The number of anilines is 1. The lowest BCUT2D eigenvalue weighted by Crippen LogP contribution is -2.61. The minimum atomic E-state index is -4.27. The Balaban J connectivity index is 1.10. The number of benzene rings is 1. The lowest BCUT2D eigenvalue weighted by atomic mass is 10.0. The van der Waals surface area contributed by atoms with Crippen molar-refractivity contribution >= 4 is 54.2 Å². The molecule has 0 spiro atoms. The van der Waals surface area contributed by atoms with Crippen LogP contribution in [-0.2, 0) is 40.7 Å². The second-order valence-corrected chi connectivity index (χ2v) is 18.0. The van der Waals surface area contributed by atoms with Crippen molar-refractivity contribution in [3.8, 4) is 0 Å². The number of likely N-dealkylation sites (N-methyl/N-ethyl adjacent to an activating group) is 1. The molecule has 16 heteroatoms. The van der Waals surface area contributed by atoms with Crippen LogP contribution in [0.15, 0.2) is 24.3 Å². The van der Waals surface area contributed by atoms with Crippen molar-refractivity contribution < 1.29 is 26.4 Å². The number of halogens is 3. The van der Waals surface area contributed by atoms with Crippen molar-refractivity contribution in [1.82, 2.24) is 33.5 Å². The number of hydrogen-bond acceptors (Lipinski definition) is 9. The van der Waals surface area contributed by atoms with Crippen molar-refractivity contribution in [2.75, 3.05) is 58.4 Å². The maximum atomic E-state index is 13.1. The highest BCUT2D eigenvalue weighted by molar-refractivity contribution is 7.88. The molecule has 1 amide bonds.